The maximum atomic E-state index is 12.3. The smallest absolute Gasteiger partial charge is 0.408 e. The lowest BCUT2D eigenvalue weighted by atomic mass is 10.0. The van der Waals surface area contributed by atoms with Crippen molar-refractivity contribution in [1.29, 1.82) is 0 Å². The quantitative estimate of drug-likeness (QED) is 0.532. The van der Waals surface area contributed by atoms with Gasteiger partial charge in [-0.2, -0.15) is 8.42 Å². The molecule has 0 bridgehead atoms. The molecule has 25 heavy (non-hydrogen) atoms. The molecule has 0 aromatic heterocycles. The Kier molecular flexibility index (Phi) is 8.37. The van der Waals surface area contributed by atoms with E-state index in [1.807, 2.05) is 0 Å². The van der Waals surface area contributed by atoms with Gasteiger partial charge in [0.15, 0.2) is 0 Å². The maximum Gasteiger partial charge on any atom is 0.408 e. The van der Waals surface area contributed by atoms with Crippen LogP contribution in [0.5, 0.6) is 0 Å². The highest BCUT2D eigenvalue weighted by Crippen LogP contribution is 2.15. The van der Waals surface area contributed by atoms with Crippen molar-refractivity contribution >= 4 is 22.2 Å². The second-order valence-corrected chi connectivity index (χ2v) is 9.71. The molecule has 1 amide bonds. The third kappa shape index (κ3) is 13.6. The maximum absolute atomic E-state index is 12.3. The van der Waals surface area contributed by atoms with Crippen LogP contribution in [0, 0.1) is 5.92 Å². The molecule has 8 nitrogen and oxygen atoms in total. The molecule has 0 aromatic rings. The third-order valence-electron chi connectivity index (χ3n) is 2.59. The Morgan fingerprint density at radius 3 is 1.88 bits per heavy atom. The van der Waals surface area contributed by atoms with Crippen LogP contribution in [0.15, 0.2) is 0 Å². The third-order valence-corrected chi connectivity index (χ3v) is 3.15. The standard InChI is InChI=1S/C16H31NO7S/c1-11(10-22-25(8,20)21)9-12(13(18)23-15(2,3)4)17-14(19)24-16(5,6)7/h11-12H,9-10H2,1-8H3,(H,17,19)/t11-,12-/m0/s1. The molecule has 1 N–H and O–H groups in total. The Morgan fingerprint density at radius 1 is 1.00 bits per heavy atom. The zero-order valence-corrected chi connectivity index (χ0v) is 17.2. The summed E-state index contributed by atoms with van der Waals surface area (Å²) in [4.78, 5) is 24.3. The zero-order valence-electron chi connectivity index (χ0n) is 16.3. The van der Waals surface area contributed by atoms with Crippen molar-refractivity contribution in [3.05, 3.63) is 0 Å². The van der Waals surface area contributed by atoms with E-state index in [4.69, 9.17) is 13.7 Å². The summed E-state index contributed by atoms with van der Waals surface area (Å²) in [6.45, 7) is 11.9. The number of rotatable bonds is 7. The van der Waals surface area contributed by atoms with Crippen LogP contribution in [0.2, 0.25) is 0 Å². The van der Waals surface area contributed by atoms with Crippen molar-refractivity contribution in [3.8, 4) is 0 Å². The number of hydrogen-bond acceptors (Lipinski definition) is 7. The van der Waals surface area contributed by atoms with Gasteiger partial charge in [-0.25, -0.2) is 9.59 Å². The average Bonchev–Trinajstić information content (AvgIpc) is 2.30. The van der Waals surface area contributed by atoms with Gasteiger partial charge in [0.25, 0.3) is 10.1 Å². The molecule has 9 heteroatoms. The minimum Gasteiger partial charge on any atom is -0.458 e. The predicted molar refractivity (Wildman–Crippen MR) is 93.6 cm³/mol. The first-order valence-electron chi connectivity index (χ1n) is 8.05. The second-order valence-electron chi connectivity index (χ2n) is 8.06. The van der Waals surface area contributed by atoms with E-state index in [1.165, 1.54) is 0 Å². The summed E-state index contributed by atoms with van der Waals surface area (Å²) in [5, 5.41) is 2.48. The minimum absolute atomic E-state index is 0.103. The fraction of sp³-hybridized carbons (Fsp3) is 0.875. The first kappa shape index (κ1) is 23.6. The molecule has 0 spiro atoms. The largest absolute Gasteiger partial charge is 0.458 e. The lowest BCUT2D eigenvalue weighted by Gasteiger charge is -2.27. The topological polar surface area (TPSA) is 108 Å². The summed E-state index contributed by atoms with van der Waals surface area (Å²) in [7, 11) is -3.58. The number of nitrogens with one attached hydrogen (secondary N) is 1. The number of ether oxygens (including phenoxy) is 2. The van der Waals surface area contributed by atoms with Crippen molar-refractivity contribution in [2.45, 2.75) is 72.1 Å². The van der Waals surface area contributed by atoms with Crippen molar-refractivity contribution < 1.29 is 31.7 Å². The SMILES string of the molecule is C[C@H](COS(C)(=O)=O)C[C@H](NC(=O)OC(C)(C)C)C(=O)OC(C)(C)C. The zero-order chi connectivity index (χ0) is 20.1. The summed E-state index contributed by atoms with van der Waals surface area (Å²) in [5.74, 6) is -0.938. The molecule has 0 fully saturated rings. The van der Waals surface area contributed by atoms with E-state index in [1.54, 1.807) is 48.5 Å². The van der Waals surface area contributed by atoms with Crippen molar-refractivity contribution in [2.75, 3.05) is 12.9 Å². The number of esters is 1. The Morgan fingerprint density at radius 2 is 1.48 bits per heavy atom. The lowest BCUT2D eigenvalue weighted by molar-refractivity contribution is -0.158. The van der Waals surface area contributed by atoms with Gasteiger partial charge in [-0.3, -0.25) is 4.18 Å². The van der Waals surface area contributed by atoms with E-state index in [0.717, 1.165) is 6.26 Å². The summed E-state index contributed by atoms with van der Waals surface area (Å²) >= 11 is 0. The molecule has 0 aliphatic carbocycles. The van der Waals surface area contributed by atoms with Crippen molar-refractivity contribution in [2.24, 2.45) is 5.92 Å². The Bertz CT molecular complexity index is 558. The van der Waals surface area contributed by atoms with Crippen LogP contribution in [0.4, 0.5) is 4.79 Å². The van der Waals surface area contributed by atoms with Gasteiger partial charge >= 0.3 is 12.1 Å². The van der Waals surface area contributed by atoms with E-state index in [0.29, 0.717) is 0 Å². The monoisotopic (exact) mass is 381 g/mol. The first-order chi connectivity index (χ1) is 11.0. The fourth-order valence-electron chi connectivity index (χ4n) is 1.75. The van der Waals surface area contributed by atoms with E-state index < -0.39 is 39.4 Å². The number of carbonyl (C=O) groups excluding carboxylic acids is 2. The molecule has 0 saturated heterocycles. The summed E-state index contributed by atoms with van der Waals surface area (Å²) in [6.07, 6.45) is 0.341. The Hall–Kier alpha value is -1.35. The molecule has 0 radical (unpaired) electrons. The van der Waals surface area contributed by atoms with Crippen molar-refractivity contribution in [3.63, 3.8) is 0 Å². The Labute approximate surface area is 150 Å². The highest BCUT2D eigenvalue weighted by Gasteiger charge is 2.30. The number of alkyl carbamates (subject to hydrolysis) is 1. The fourth-order valence-corrected chi connectivity index (χ4v) is 2.23. The Balaban J connectivity index is 5.00. The van der Waals surface area contributed by atoms with Crippen LogP contribution < -0.4 is 5.32 Å². The van der Waals surface area contributed by atoms with Crippen LogP contribution in [-0.2, 0) is 28.6 Å². The van der Waals surface area contributed by atoms with Gasteiger partial charge in [0, 0.05) is 0 Å². The highest BCUT2D eigenvalue weighted by molar-refractivity contribution is 7.85. The molecule has 0 saturated carbocycles. The second kappa shape index (κ2) is 8.84. The molecule has 2 atom stereocenters. The van der Waals surface area contributed by atoms with E-state index in [2.05, 4.69) is 5.32 Å². The van der Waals surface area contributed by atoms with Crippen LogP contribution in [0.1, 0.15) is 54.9 Å². The summed E-state index contributed by atoms with van der Waals surface area (Å²) in [6, 6.07) is -0.979. The van der Waals surface area contributed by atoms with Gasteiger partial charge in [0.05, 0.1) is 12.9 Å². The molecular weight excluding hydrogens is 350 g/mol. The normalized spacial score (nSPS) is 15.2. The van der Waals surface area contributed by atoms with Gasteiger partial charge in [-0.05, 0) is 53.9 Å². The van der Waals surface area contributed by atoms with Gasteiger partial charge in [-0.1, -0.05) is 6.92 Å². The summed E-state index contributed by atoms with van der Waals surface area (Å²) < 4.78 is 37.4. The number of carbonyl (C=O) groups is 2. The van der Waals surface area contributed by atoms with Crippen molar-refractivity contribution in [1.82, 2.24) is 5.32 Å². The summed E-state index contributed by atoms with van der Waals surface area (Å²) in [5.41, 5.74) is -1.44. The minimum atomic E-state index is -3.58. The first-order valence-corrected chi connectivity index (χ1v) is 9.87. The van der Waals surface area contributed by atoms with Gasteiger partial charge in [0.2, 0.25) is 0 Å². The van der Waals surface area contributed by atoms with Gasteiger partial charge in [-0.15, -0.1) is 0 Å². The van der Waals surface area contributed by atoms with E-state index >= 15 is 0 Å². The molecule has 0 aliphatic rings. The van der Waals surface area contributed by atoms with Crippen LogP contribution >= 0.6 is 0 Å². The molecule has 0 aliphatic heterocycles. The van der Waals surface area contributed by atoms with E-state index in [-0.39, 0.29) is 18.9 Å². The predicted octanol–water partition coefficient (Wildman–Crippen LogP) is 2.22. The van der Waals surface area contributed by atoms with Crippen LogP contribution in [0.25, 0.3) is 0 Å². The average molecular weight is 381 g/mol. The van der Waals surface area contributed by atoms with Crippen LogP contribution in [0.3, 0.4) is 0 Å². The van der Waals surface area contributed by atoms with Gasteiger partial charge < -0.3 is 14.8 Å². The van der Waals surface area contributed by atoms with Gasteiger partial charge in [0.1, 0.15) is 17.2 Å². The molecular formula is C16H31NO7S. The molecule has 0 unspecified atom stereocenters. The molecule has 148 valence electrons. The number of hydrogen-bond donors (Lipinski definition) is 1. The molecule has 0 heterocycles. The van der Waals surface area contributed by atoms with E-state index in [9.17, 15) is 18.0 Å². The molecule has 0 aromatic carbocycles. The highest BCUT2D eigenvalue weighted by atomic mass is 32.2. The number of amides is 1. The van der Waals surface area contributed by atoms with Crippen LogP contribution in [-0.4, -0.2) is 50.6 Å². The molecule has 0 rings (SSSR count). The lowest BCUT2D eigenvalue weighted by Crippen LogP contribution is -2.47.